The number of nitrogens with one attached hydrogen (secondary N) is 1. The molecule has 1 aromatic rings. The predicted octanol–water partition coefficient (Wildman–Crippen LogP) is 3.67. The normalized spacial score (nSPS) is 12.9. The number of benzene rings is 1. The third-order valence-corrected chi connectivity index (χ3v) is 3.01. The van der Waals surface area contributed by atoms with Crippen LogP contribution < -0.4 is 5.32 Å². The Kier molecular flexibility index (Phi) is 4.34. The topological polar surface area (TPSA) is 12.0 Å². The number of hydrogen-bond acceptors (Lipinski definition) is 1. The fourth-order valence-corrected chi connectivity index (χ4v) is 2.46. The summed E-state index contributed by atoms with van der Waals surface area (Å²) in [5.74, 6) is 0. The van der Waals surface area contributed by atoms with E-state index in [9.17, 15) is 0 Å². The minimum Gasteiger partial charge on any atom is -0.313 e. The van der Waals surface area contributed by atoms with Crippen LogP contribution in [0.2, 0.25) is 0 Å². The summed E-state index contributed by atoms with van der Waals surface area (Å²) in [6.45, 7) is 8.84. The minimum absolute atomic E-state index is 0.510. The molecule has 0 aromatic heterocycles. The Hall–Kier alpha value is -0.820. The molecule has 0 saturated carbocycles. The van der Waals surface area contributed by atoms with Crippen molar-refractivity contribution in [2.24, 2.45) is 0 Å². The van der Waals surface area contributed by atoms with Gasteiger partial charge in [-0.1, -0.05) is 31.0 Å². The van der Waals surface area contributed by atoms with Gasteiger partial charge in [-0.25, -0.2) is 0 Å². The first kappa shape index (κ1) is 12.3. The van der Waals surface area contributed by atoms with E-state index in [1.165, 1.54) is 35.1 Å². The van der Waals surface area contributed by atoms with Gasteiger partial charge in [0.05, 0.1) is 0 Å². The van der Waals surface area contributed by atoms with Crippen molar-refractivity contribution in [1.82, 2.24) is 5.32 Å². The molecule has 1 rings (SSSR count). The standard InChI is InChI=1S/C14H23N/c1-6-7-13(15-5)14-11(3)8-10(2)9-12(14)4/h8-9,13,15H,6-7H2,1-5H3. The molecule has 1 atom stereocenters. The van der Waals surface area contributed by atoms with Crippen LogP contribution in [0, 0.1) is 20.8 Å². The van der Waals surface area contributed by atoms with Crippen LogP contribution in [0.25, 0.3) is 0 Å². The Morgan fingerprint density at radius 1 is 1.13 bits per heavy atom. The summed E-state index contributed by atoms with van der Waals surface area (Å²) in [5, 5.41) is 3.42. The summed E-state index contributed by atoms with van der Waals surface area (Å²) in [7, 11) is 2.05. The zero-order valence-electron chi connectivity index (χ0n) is 10.6. The average molecular weight is 205 g/mol. The van der Waals surface area contributed by atoms with E-state index >= 15 is 0 Å². The highest BCUT2D eigenvalue weighted by Crippen LogP contribution is 2.26. The Bertz CT molecular complexity index is 305. The molecule has 1 heteroatoms. The summed E-state index contributed by atoms with van der Waals surface area (Å²) in [6.07, 6.45) is 2.43. The van der Waals surface area contributed by atoms with Crippen LogP contribution in [-0.2, 0) is 0 Å². The van der Waals surface area contributed by atoms with Crippen LogP contribution in [0.5, 0.6) is 0 Å². The van der Waals surface area contributed by atoms with E-state index in [1.807, 2.05) is 0 Å². The summed E-state index contributed by atoms with van der Waals surface area (Å²) >= 11 is 0. The van der Waals surface area contributed by atoms with Crippen molar-refractivity contribution in [3.63, 3.8) is 0 Å². The molecule has 0 aliphatic heterocycles. The van der Waals surface area contributed by atoms with Crippen molar-refractivity contribution in [2.45, 2.75) is 46.6 Å². The van der Waals surface area contributed by atoms with Gasteiger partial charge >= 0.3 is 0 Å². The van der Waals surface area contributed by atoms with Crippen molar-refractivity contribution >= 4 is 0 Å². The van der Waals surface area contributed by atoms with E-state index in [0.29, 0.717) is 6.04 Å². The fourth-order valence-electron chi connectivity index (χ4n) is 2.46. The van der Waals surface area contributed by atoms with E-state index in [4.69, 9.17) is 0 Å². The highest BCUT2D eigenvalue weighted by Gasteiger charge is 2.13. The van der Waals surface area contributed by atoms with Gasteiger partial charge in [-0.15, -0.1) is 0 Å². The lowest BCUT2D eigenvalue weighted by molar-refractivity contribution is 0.536. The third-order valence-electron chi connectivity index (χ3n) is 3.01. The van der Waals surface area contributed by atoms with Gasteiger partial charge < -0.3 is 5.32 Å². The molecule has 0 amide bonds. The predicted molar refractivity (Wildman–Crippen MR) is 67.4 cm³/mol. The zero-order valence-corrected chi connectivity index (χ0v) is 10.6. The molecular weight excluding hydrogens is 182 g/mol. The molecule has 1 N–H and O–H groups in total. The highest BCUT2D eigenvalue weighted by atomic mass is 14.9. The second kappa shape index (κ2) is 5.32. The van der Waals surface area contributed by atoms with Crippen LogP contribution in [0.1, 0.15) is 48.1 Å². The number of aryl methyl sites for hydroxylation is 3. The van der Waals surface area contributed by atoms with Gasteiger partial charge in [0.1, 0.15) is 0 Å². The van der Waals surface area contributed by atoms with Crippen molar-refractivity contribution in [3.05, 3.63) is 34.4 Å². The molecule has 1 nitrogen and oxygen atoms in total. The molecule has 0 spiro atoms. The monoisotopic (exact) mass is 205 g/mol. The lowest BCUT2D eigenvalue weighted by atomic mass is 9.92. The molecule has 1 unspecified atom stereocenters. The molecule has 0 bridgehead atoms. The average Bonchev–Trinajstić information content (AvgIpc) is 2.14. The van der Waals surface area contributed by atoms with E-state index < -0.39 is 0 Å². The second-order valence-electron chi connectivity index (χ2n) is 4.44. The zero-order chi connectivity index (χ0) is 11.4. The summed E-state index contributed by atoms with van der Waals surface area (Å²) in [4.78, 5) is 0. The van der Waals surface area contributed by atoms with Crippen molar-refractivity contribution in [2.75, 3.05) is 7.05 Å². The molecule has 0 heterocycles. The number of rotatable bonds is 4. The van der Waals surface area contributed by atoms with Gasteiger partial charge in [-0.05, 0) is 50.9 Å². The maximum atomic E-state index is 3.42. The van der Waals surface area contributed by atoms with Gasteiger partial charge in [-0.2, -0.15) is 0 Å². The highest BCUT2D eigenvalue weighted by molar-refractivity contribution is 5.39. The molecule has 0 aliphatic carbocycles. The van der Waals surface area contributed by atoms with Crippen LogP contribution in [0.4, 0.5) is 0 Å². The maximum Gasteiger partial charge on any atom is 0.0322 e. The Morgan fingerprint density at radius 2 is 1.67 bits per heavy atom. The summed E-state index contributed by atoms with van der Waals surface area (Å²) < 4.78 is 0. The van der Waals surface area contributed by atoms with Crippen LogP contribution in [0.3, 0.4) is 0 Å². The van der Waals surface area contributed by atoms with Gasteiger partial charge in [0.2, 0.25) is 0 Å². The van der Waals surface area contributed by atoms with Gasteiger partial charge in [0.25, 0.3) is 0 Å². The summed E-state index contributed by atoms with van der Waals surface area (Å²) in [5.41, 5.74) is 5.69. The van der Waals surface area contributed by atoms with Gasteiger partial charge in [0.15, 0.2) is 0 Å². The first-order chi connectivity index (χ1) is 7.10. The number of hydrogen-bond donors (Lipinski definition) is 1. The lowest BCUT2D eigenvalue weighted by Crippen LogP contribution is -2.18. The molecule has 1 aromatic carbocycles. The summed E-state index contributed by atoms with van der Waals surface area (Å²) in [6, 6.07) is 5.07. The van der Waals surface area contributed by atoms with Gasteiger partial charge in [-0.3, -0.25) is 0 Å². The maximum absolute atomic E-state index is 3.42. The van der Waals surface area contributed by atoms with E-state index in [1.54, 1.807) is 0 Å². The Labute approximate surface area is 93.9 Å². The third kappa shape index (κ3) is 2.82. The van der Waals surface area contributed by atoms with E-state index in [2.05, 4.69) is 52.2 Å². The second-order valence-corrected chi connectivity index (χ2v) is 4.44. The fraction of sp³-hybridized carbons (Fsp3) is 0.571. The quantitative estimate of drug-likeness (QED) is 0.790. The molecule has 15 heavy (non-hydrogen) atoms. The largest absolute Gasteiger partial charge is 0.313 e. The first-order valence-corrected chi connectivity index (χ1v) is 5.85. The Balaban J connectivity index is 3.11. The van der Waals surface area contributed by atoms with Crippen molar-refractivity contribution < 1.29 is 0 Å². The smallest absolute Gasteiger partial charge is 0.0322 e. The molecule has 0 radical (unpaired) electrons. The van der Waals surface area contributed by atoms with Crippen LogP contribution >= 0.6 is 0 Å². The van der Waals surface area contributed by atoms with Crippen molar-refractivity contribution in [3.8, 4) is 0 Å². The van der Waals surface area contributed by atoms with Crippen LogP contribution in [-0.4, -0.2) is 7.05 Å². The van der Waals surface area contributed by atoms with E-state index in [0.717, 1.165) is 0 Å². The molecule has 0 saturated heterocycles. The molecular formula is C14H23N. The Morgan fingerprint density at radius 3 is 2.07 bits per heavy atom. The molecule has 84 valence electrons. The minimum atomic E-state index is 0.510. The van der Waals surface area contributed by atoms with Gasteiger partial charge in [0, 0.05) is 6.04 Å². The molecule has 0 aliphatic rings. The first-order valence-electron chi connectivity index (χ1n) is 5.85. The van der Waals surface area contributed by atoms with Crippen molar-refractivity contribution in [1.29, 1.82) is 0 Å². The lowest BCUT2D eigenvalue weighted by Gasteiger charge is -2.21. The van der Waals surface area contributed by atoms with Crippen LogP contribution in [0.15, 0.2) is 12.1 Å². The SMILES string of the molecule is CCCC(NC)c1c(C)cc(C)cc1C. The molecule has 0 fully saturated rings. The van der Waals surface area contributed by atoms with E-state index in [-0.39, 0.29) is 0 Å².